The summed E-state index contributed by atoms with van der Waals surface area (Å²) in [5.41, 5.74) is 2.93. The van der Waals surface area contributed by atoms with E-state index in [9.17, 15) is 4.39 Å². The number of thiophene rings is 1. The van der Waals surface area contributed by atoms with Gasteiger partial charge in [-0.1, -0.05) is 24.3 Å². The van der Waals surface area contributed by atoms with Crippen molar-refractivity contribution in [2.45, 2.75) is 13.8 Å². The maximum absolute atomic E-state index is 13.4. The van der Waals surface area contributed by atoms with E-state index in [4.69, 9.17) is 0 Å². The number of aromatic nitrogens is 2. The SMILES string of the molecule is Cc1nc(Nc2ccccc2Br)c2c(-c3ccc(F)cc3)c(C)sc2n1. The Kier molecular flexibility index (Phi) is 4.46. The smallest absolute Gasteiger partial charge is 0.143 e. The molecule has 0 aliphatic rings. The summed E-state index contributed by atoms with van der Waals surface area (Å²) >= 11 is 5.19. The van der Waals surface area contributed by atoms with Crippen LogP contribution in [0.2, 0.25) is 0 Å². The average Bonchev–Trinajstić information content (AvgIpc) is 2.93. The molecule has 2 aromatic carbocycles. The number of hydrogen-bond acceptors (Lipinski definition) is 4. The fourth-order valence-corrected chi connectivity index (χ4v) is 4.44. The number of rotatable bonds is 3. The van der Waals surface area contributed by atoms with E-state index in [0.29, 0.717) is 5.82 Å². The first kappa shape index (κ1) is 17.1. The van der Waals surface area contributed by atoms with Crippen LogP contribution < -0.4 is 5.32 Å². The van der Waals surface area contributed by atoms with Crippen LogP contribution in [0, 0.1) is 19.7 Å². The van der Waals surface area contributed by atoms with Gasteiger partial charge < -0.3 is 5.32 Å². The number of benzene rings is 2. The van der Waals surface area contributed by atoms with Gasteiger partial charge >= 0.3 is 0 Å². The Hall–Kier alpha value is -2.31. The minimum absolute atomic E-state index is 0.246. The molecule has 0 saturated carbocycles. The second-order valence-corrected chi connectivity index (χ2v) is 8.00. The summed E-state index contributed by atoms with van der Waals surface area (Å²) in [5, 5.41) is 4.38. The van der Waals surface area contributed by atoms with Crippen LogP contribution in [0.25, 0.3) is 21.3 Å². The van der Waals surface area contributed by atoms with Gasteiger partial charge in [-0.2, -0.15) is 0 Å². The van der Waals surface area contributed by atoms with Crippen molar-refractivity contribution in [3.8, 4) is 11.1 Å². The molecule has 0 amide bonds. The summed E-state index contributed by atoms with van der Waals surface area (Å²) in [5.74, 6) is 1.21. The Morgan fingerprint density at radius 3 is 2.46 bits per heavy atom. The van der Waals surface area contributed by atoms with Gasteiger partial charge in [-0.3, -0.25) is 0 Å². The number of halogens is 2. The molecule has 0 aliphatic heterocycles. The van der Waals surface area contributed by atoms with E-state index in [-0.39, 0.29) is 5.82 Å². The zero-order chi connectivity index (χ0) is 18.3. The van der Waals surface area contributed by atoms with Crippen LogP contribution in [0.3, 0.4) is 0 Å². The fourth-order valence-electron chi connectivity index (χ4n) is 2.96. The van der Waals surface area contributed by atoms with Gasteiger partial charge in [0.1, 0.15) is 22.3 Å². The fraction of sp³-hybridized carbons (Fsp3) is 0.100. The van der Waals surface area contributed by atoms with Gasteiger partial charge in [0, 0.05) is 14.9 Å². The summed E-state index contributed by atoms with van der Waals surface area (Å²) in [6, 6.07) is 14.5. The van der Waals surface area contributed by atoms with Crippen LogP contribution in [0.4, 0.5) is 15.9 Å². The highest BCUT2D eigenvalue weighted by atomic mass is 79.9. The molecule has 3 nitrogen and oxygen atoms in total. The molecule has 4 aromatic rings. The number of nitrogens with one attached hydrogen (secondary N) is 1. The number of nitrogens with zero attached hydrogens (tertiary/aromatic N) is 2. The van der Waals surface area contributed by atoms with Crippen LogP contribution in [-0.2, 0) is 0 Å². The number of aryl methyl sites for hydroxylation is 2. The summed E-state index contributed by atoms with van der Waals surface area (Å²) < 4.78 is 14.3. The van der Waals surface area contributed by atoms with Gasteiger partial charge in [0.25, 0.3) is 0 Å². The molecule has 2 aromatic heterocycles. The van der Waals surface area contributed by atoms with E-state index in [2.05, 4.69) is 38.1 Å². The molecular weight excluding hydrogens is 413 g/mol. The second-order valence-electron chi connectivity index (χ2n) is 5.94. The number of fused-ring (bicyclic) bond motifs is 1. The predicted molar refractivity (Wildman–Crippen MR) is 110 cm³/mol. The molecule has 0 fully saturated rings. The molecule has 130 valence electrons. The molecule has 0 spiro atoms. The Bertz CT molecular complexity index is 1110. The molecular formula is C20H15BrFN3S. The molecule has 0 saturated heterocycles. The van der Waals surface area contributed by atoms with Crippen molar-refractivity contribution in [1.82, 2.24) is 9.97 Å². The van der Waals surface area contributed by atoms with Crippen molar-refractivity contribution < 1.29 is 4.39 Å². The number of anilines is 2. The van der Waals surface area contributed by atoms with Crippen LogP contribution in [-0.4, -0.2) is 9.97 Å². The van der Waals surface area contributed by atoms with Gasteiger partial charge in [-0.25, -0.2) is 14.4 Å². The largest absolute Gasteiger partial charge is 0.339 e. The molecule has 6 heteroatoms. The maximum Gasteiger partial charge on any atom is 0.143 e. The molecule has 0 aliphatic carbocycles. The quantitative estimate of drug-likeness (QED) is 0.399. The molecule has 0 unspecified atom stereocenters. The van der Waals surface area contributed by atoms with E-state index in [0.717, 1.165) is 42.2 Å². The lowest BCUT2D eigenvalue weighted by molar-refractivity contribution is 0.628. The highest BCUT2D eigenvalue weighted by molar-refractivity contribution is 9.10. The highest BCUT2D eigenvalue weighted by Gasteiger charge is 2.18. The topological polar surface area (TPSA) is 37.8 Å². The summed E-state index contributed by atoms with van der Waals surface area (Å²) in [6.07, 6.45) is 0. The monoisotopic (exact) mass is 427 g/mol. The minimum Gasteiger partial charge on any atom is -0.339 e. The van der Waals surface area contributed by atoms with Crippen molar-refractivity contribution in [2.24, 2.45) is 0 Å². The number of para-hydroxylation sites is 1. The molecule has 2 heterocycles. The number of hydrogen-bond donors (Lipinski definition) is 1. The Morgan fingerprint density at radius 2 is 1.73 bits per heavy atom. The zero-order valence-electron chi connectivity index (χ0n) is 14.2. The third-order valence-corrected chi connectivity index (χ3v) is 5.79. The van der Waals surface area contributed by atoms with E-state index in [1.807, 2.05) is 31.2 Å². The van der Waals surface area contributed by atoms with Crippen LogP contribution in [0.15, 0.2) is 53.0 Å². The molecule has 0 radical (unpaired) electrons. The van der Waals surface area contributed by atoms with E-state index >= 15 is 0 Å². The van der Waals surface area contributed by atoms with Gasteiger partial charge in [-0.15, -0.1) is 11.3 Å². The van der Waals surface area contributed by atoms with Gasteiger partial charge in [-0.05, 0) is 59.6 Å². The lowest BCUT2D eigenvalue weighted by atomic mass is 10.0. The summed E-state index contributed by atoms with van der Waals surface area (Å²) in [4.78, 5) is 11.3. The zero-order valence-corrected chi connectivity index (χ0v) is 16.6. The average molecular weight is 428 g/mol. The van der Waals surface area contributed by atoms with E-state index in [1.54, 1.807) is 23.5 Å². The van der Waals surface area contributed by atoms with Crippen molar-refractivity contribution in [2.75, 3.05) is 5.32 Å². The van der Waals surface area contributed by atoms with Gasteiger partial charge in [0.2, 0.25) is 0 Å². The van der Waals surface area contributed by atoms with Crippen molar-refractivity contribution in [1.29, 1.82) is 0 Å². The lowest BCUT2D eigenvalue weighted by Crippen LogP contribution is -1.99. The first-order chi connectivity index (χ1) is 12.5. The normalized spacial score (nSPS) is 11.1. The summed E-state index contributed by atoms with van der Waals surface area (Å²) in [7, 11) is 0. The first-order valence-corrected chi connectivity index (χ1v) is 9.69. The van der Waals surface area contributed by atoms with E-state index in [1.165, 1.54) is 12.1 Å². The van der Waals surface area contributed by atoms with Crippen molar-refractivity contribution >= 4 is 49.0 Å². The van der Waals surface area contributed by atoms with Crippen LogP contribution in [0.1, 0.15) is 10.7 Å². The highest BCUT2D eigenvalue weighted by Crippen LogP contribution is 2.41. The van der Waals surface area contributed by atoms with Gasteiger partial charge in [0.15, 0.2) is 0 Å². The maximum atomic E-state index is 13.4. The molecule has 4 rings (SSSR count). The van der Waals surface area contributed by atoms with E-state index < -0.39 is 0 Å². The molecule has 0 bridgehead atoms. The van der Waals surface area contributed by atoms with Crippen molar-refractivity contribution in [3.05, 3.63) is 69.5 Å². The lowest BCUT2D eigenvalue weighted by Gasteiger charge is -2.11. The molecule has 26 heavy (non-hydrogen) atoms. The first-order valence-electron chi connectivity index (χ1n) is 8.08. The Balaban J connectivity index is 1.95. The second kappa shape index (κ2) is 6.78. The Morgan fingerprint density at radius 1 is 1.00 bits per heavy atom. The van der Waals surface area contributed by atoms with Crippen LogP contribution in [0.5, 0.6) is 0 Å². The molecule has 0 atom stereocenters. The molecule has 1 N–H and O–H groups in total. The Labute approximate surface area is 163 Å². The standard InChI is InChI=1S/C20H15BrFN3S/c1-11-17(13-7-9-14(22)10-8-13)18-19(23-12(2)24-20(18)26-11)25-16-6-4-3-5-15(16)21/h3-10H,1-2H3,(H,23,24,25). The third-order valence-electron chi connectivity index (χ3n) is 4.10. The van der Waals surface area contributed by atoms with Gasteiger partial charge in [0.05, 0.1) is 11.1 Å². The minimum atomic E-state index is -0.246. The predicted octanol–water partition coefficient (Wildman–Crippen LogP) is 6.62. The third kappa shape index (κ3) is 3.10. The van der Waals surface area contributed by atoms with Crippen LogP contribution >= 0.6 is 27.3 Å². The summed E-state index contributed by atoms with van der Waals surface area (Å²) in [6.45, 7) is 3.94. The van der Waals surface area contributed by atoms with Crippen molar-refractivity contribution in [3.63, 3.8) is 0 Å².